The molecule has 2 aliphatic rings. The number of nitrogens with zero attached hydrogens (tertiary/aromatic N) is 2. The average Bonchev–Trinajstić information content (AvgIpc) is 3.46. The van der Waals surface area contributed by atoms with Gasteiger partial charge in [0.1, 0.15) is 0 Å². The van der Waals surface area contributed by atoms with E-state index in [0.29, 0.717) is 6.61 Å². The second kappa shape index (κ2) is 65.0. The minimum absolute atomic E-state index is 0.711. The van der Waals surface area contributed by atoms with E-state index in [4.69, 9.17) is 14.0 Å². The zero-order valence-electron chi connectivity index (χ0n) is 55.9. The first kappa shape index (κ1) is 77.7. The van der Waals surface area contributed by atoms with E-state index in [-0.39, 0.29) is 0 Å². The molecule has 81 heavy (non-hydrogen) atoms. The standard InChI is InChI=1S/C69H139NO2.C5H11NO2.Sn/c1-3-4-5-6-7-8-9-10-11-12-13-14-15-16-17-18-19-20-21-22-23-24-25-26-27-28-29-30-31-32-33-34-35-36-37-38-39-40-41-42-43-44-45-46-47-48-49-50-51-52-53-54-55-56-57-58-59-60-61-62-63-64-68-72-69-66-70(2)65-67-71;1-6(2-4-7)3-5-8;/h1,3-69H2,2H3;2-5H2,1H3;/q-1;-2;+3. The first-order valence-corrected chi connectivity index (χ1v) is 43.6. The fourth-order valence-electron chi connectivity index (χ4n) is 13.1. The summed E-state index contributed by atoms with van der Waals surface area (Å²) in [6.07, 6.45) is 90.2. The van der Waals surface area contributed by atoms with E-state index in [9.17, 15) is 0 Å². The summed E-state index contributed by atoms with van der Waals surface area (Å²) < 4.78 is 27.0. The van der Waals surface area contributed by atoms with E-state index in [1.165, 1.54) is 398 Å². The van der Waals surface area contributed by atoms with Crippen molar-refractivity contribution in [1.29, 1.82) is 0 Å². The van der Waals surface area contributed by atoms with E-state index in [0.717, 1.165) is 57.0 Å². The van der Waals surface area contributed by atoms with Crippen LogP contribution in [0.4, 0.5) is 0 Å². The van der Waals surface area contributed by atoms with Crippen molar-refractivity contribution in [2.45, 2.75) is 403 Å². The molecule has 0 aliphatic carbocycles. The topological polar surface area (TPSA) is 43.4 Å². The third kappa shape index (κ3) is 58.0. The zero-order valence-corrected chi connectivity index (χ0v) is 58.8. The van der Waals surface area contributed by atoms with Crippen molar-refractivity contribution in [2.75, 3.05) is 73.3 Å². The molecule has 0 aromatic carbocycles. The van der Waals surface area contributed by atoms with Gasteiger partial charge in [0.05, 0.1) is 0 Å². The van der Waals surface area contributed by atoms with Gasteiger partial charge in [-0.3, -0.25) is 0 Å². The molecule has 0 amide bonds. The molecule has 0 radical (unpaired) electrons. The molecular formula is C74H150N2O4Sn. The maximum atomic E-state index is 6.71. The van der Waals surface area contributed by atoms with Gasteiger partial charge in [0, 0.05) is 0 Å². The Morgan fingerprint density at radius 1 is 0.173 bits per heavy atom. The van der Waals surface area contributed by atoms with Gasteiger partial charge in [-0.2, -0.15) is 0 Å². The average molecular weight is 1250 g/mol. The summed E-state index contributed by atoms with van der Waals surface area (Å²) >= 11 is -3.56. The summed E-state index contributed by atoms with van der Waals surface area (Å²) in [6, 6.07) is 0. The van der Waals surface area contributed by atoms with Crippen molar-refractivity contribution < 1.29 is 14.0 Å². The van der Waals surface area contributed by atoms with Crippen LogP contribution in [0, 0.1) is 0 Å². The van der Waals surface area contributed by atoms with E-state index in [2.05, 4.69) is 23.9 Å². The normalized spacial score (nSPS) is 25.1. The molecule has 2 heterocycles. The third-order valence-electron chi connectivity index (χ3n) is 19.0. The molecule has 484 valence electrons. The quantitative estimate of drug-likeness (QED) is 0.225. The molecule has 0 bridgehead atoms. The number of hydrogen-bond donors (Lipinski definition) is 0. The summed E-state index contributed by atoms with van der Waals surface area (Å²) in [5.74, 6) is 0. The molecule has 0 aromatic rings. The van der Waals surface area contributed by atoms with E-state index < -0.39 is 19.6 Å². The van der Waals surface area contributed by atoms with E-state index in [1.807, 2.05) is 0 Å². The van der Waals surface area contributed by atoms with Crippen LogP contribution >= 0.6 is 0 Å². The van der Waals surface area contributed by atoms with Gasteiger partial charge in [0.25, 0.3) is 0 Å². The Kier molecular flexibility index (Phi) is 62.3. The Hall–Kier alpha value is 0.559. The van der Waals surface area contributed by atoms with E-state index >= 15 is 0 Å². The molecule has 0 unspecified atom stereocenters. The summed E-state index contributed by atoms with van der Waals surface area (Å²) in [5.41, 5.74) is 0. The number of rotatable bonds is 0. The zero-order chi connectivity index (χ0) is 57.4. The van der Waals surface area contributed by atoms with Gasteiger partial charge in [-0.15, -0.1) is 0 Å². The number of hydrogen-bond acceptors (Lipinski definition) is 6. The fraction of sp³-hybridized carbons (Fsp3) is 1.00. The Morgan fingerprint density at radius 2 is 0.321 bits per heavy atom. The van der Waals surface area contributed by atoms with Gasteiger partial charge in [-0.1, -0.05) is 302 Å². The number of likely N-dealkylation sites (N-methyl/N-ethyl adjacent to an activating group) is 2. The summed E-state index contributed by atoms with van der Waals surface area (Å²) in [6.45, 7) is 7.73. The van der Waals surface area contributed by atoms with Crippen molar-refractivity contribution in [1.82, 2.24) is 9.80 Å². The minimum atomic E-state index is -3.56. The van der Waals surface area contributed by atoms with Crippen LogP contribution in [0.1, 0.15) is 398 Å². The van der Waals surface area contributed by atoms with Crippen LogP contribution in [0.25, 0.3) is 0 Å². The van der Waals surface area contributed by atoms with Gasteiger partial charge in [-0.25, -0.2) is 0 Å². The summed E-state index contributed by atoms with van der Waals surface area (Å²) in [5, 5.41) is 0. The summed E-state index contributed by atoms with van der Waals surface area (Å²) in [4.78, 5) is 4.68. The first-order valence-electron chi connectivity index (χ1n) is 38.1. The predicted octanol–water partition coefficient (Wildman–Crippen LogP) is 24.1. The molecule has 2 saturated heterocycles. The van der Waals surface area contributed by atoms with Crippen molar-refractivity contribution in [2.24, 2.45) is 0 Å². The van der Waals surface area contributed by atoms with Crippen LogP contribution in [0.2, 0.25) is 4.44 Å². The van der Waals surface area contributed by atoms with Crippen molar-refractivity contribution in [3.8, 4) is 0 Å². The molecule has 0 atom stereocenters. The van der Waals surface area contributed by atoms with Gasteiger partial charge in [-0.05, 0) is 0 Å². The third-order valence-corrected chi connectivity index (χ3v) is 27.3. The monoisotopic (exact) mass is 1250 g/mol. The molecule has 1 spiro atoms. The molecule has 6 nitrogen and oxygen atoms in total. The van der Waals surface area contributed by atoms with Crippen LogP contribution in [0.5, 0.6) is 0 Å². The van der Waals surface area contributed by atoms with Crippen molar-refractivity contribution in [3.05, 3.63) is 0 Å². The second-order valence-corrected chi connectivity index (χ2v) is 34.9. The second-order valence-electron chi connectivity index (χ2n) is 27.1. The fourth-order valence-corrected chi connectivity index (χ4v) is 20.5. The molecule has 2 fully saturated rings. The Balaban J connectivity index is 1.52. The SMILES string of the molecule is CN1CCOCCCCCCCCCCCCCCCCCCCCCCCCCCCCCCCCCCCCCCCCCCCCCCCCCCCCCCCCCCCCCCC[CH2][Sn]2([O]CC1)[O]CCN(C)CC[O]2. The van der Waals surface area contributed by atoms with Crippen molar-refractivity contribution in [3.63, 3.8) is 0 Å². The molecule has 2 aliphatic heterocycles. The van der Waals surface area contributed by atoms with Crippen LogP contribution in [0.15, 0.2) is 0 Å². The Labute approximate surface area is 516 Å². The van der Waals surface area contributed by atoms with Crippen molar-refractivity contribution >= 4 is 19.6 Å². The van der Waals surface area contributed by atoms with Crippen LogP contribution in [-0.4, -0.2) is 103 Å². The predicted molar refractivity (Wildman–Crippen MR) is 360 cm³/mol. The molecule has 0 N–H and O–H groups in total. The van der Waals surface area contributed by atoms with Gasteiger partial charge < -0.3 is 0 Å². The Bertz CT molecular complexity index is 1170. The summed E-state index contributed by atoms with van der Waals surface area (Å²) in [7, 11) is 4.38. The number of ether oxygens (including phenoxy) is 1. The van der Waals surface area contributed by atoms with Crippen LogP contribution in [-0.2, 0) is 14.0 Å². The Morgan fingerprint density at radius 3 is 0.506 bits per heavy atom. The maximum absolute atomic E-state index is 6.71. The molecular weight excluding hydrogens is 1100 g/mol. The van der Waals surface area contributed by atoms with E-state index in [1.54, 1.807) is 0 Å². The van der Waals surface area contributed by atoms with Gasteiger partial charge in [0.2, 0.25) is 0 Å². The molecule has 2 rings (SSSR count). The van der Waals surface area contributed by atoms with Crippen LogP contribution < -0.4 is 0 Å². The molecule has 0 saturated carbocycles. The van der Waals surface area contributed by atoms with Crippen LogP contribution in [0.3, 0.4) is 0 Å². The molecule has 0 aromatic heterocycles. The first-order chi connectivity index (χ1) is 40.2. The van der Waals surface area contributed by atoms with Gasteiger partial charge in [0.15, 0.2) is 0 Å². The van der Waals surface area contributed by atoms with Gasteiger partial charge >= 0.3 is 217 Å². The molecule has 7 heteroatoms.